The van der Waals surface area contributed by atoms with Gasteiger partial charge in [-0.2, -0.15) is 0 Å². The molecule has 1 aromatic carbocycles. The SMILES string of the molecule is CC(/C=C/C=C(/c1ccc2c(c1)CCCC2)C(C)(C)C)=C\CN. The van der Waals surface area contributed by atoms with E-state index in [9.17, 15) is 0 Å². The van der Waals surface area contributed by atoms with Crippen LogP contribution >= 0.6 is 0 Å². The van der Waals surface area contributed by atoms with Crippen LogP contribution in [0.3, 0.4) is 0 Å². The molecule has 1 aliphatic rings. The standard InChI is InChI=1S/C22H31N/c1-17(14-15-23)8-7-11-21(22(2,3)4)20-13-12-18-9-5-6-10-19(18)16-20/h7-8,11-14,16H,5-6,9-10,15,23H2,1-4H3/b8-7+,17-14+,21-11-. The third-order valence-corrected chi connectivity index (χ3v) is 4.53. The highest BCUT2D eigenvalue weighted by Gasteiger charge is 2.19. The largest absolute Gasteiger partial charge is 0.327 e. The van der Waals surface area contributed by atoms with E-state index in [-0.39, 0.29) is 5.41 Å². The molecule has 0 amide bonds. The molecular formula is C22H31N. The summed E-state index contributed by atoms with van der Waals surface area (Å²) in [5, 5.41) is 0. The molecule has 0 fully saturated rings. The first kappa shape index (κ1) is 17.7. The third-order valence-electron chi connectivity index (χ3n) is 4.53. The predicted octanol–water partition coefficient (Wildman–Crippen LogP) is 5.46. The maximum Gasteiger partial charge on any atom is 0.0112 e. The molecule has 2 rings (SSSR count). The summed E-state index contributed by atoms with van der Waals surface area (Å²) in [5.74, 6) is 0. The van der Waals surface area contributed by atoms with Gasteiger partial charge in [-0.15, -0.1) is 0 Å². The van der Waals surface area contributed by atoms with E-state index < -0.39 is 0 Å². The van der Waals surface area contributed by atoms with Crippen LogP contribution in [0.25, 0.3) is 5.57 Å². The van der Waals surface area contributed by atoms with E-state index in [1.807, 2.05) is 6.08 Å². The summed E-state index contributed by atoms with van der Waals surface area (Å²) in [6, 6.07) is 7.06. The maximum absolute atomic E-state index is 5.56. The van der Waals surface area contributed by atoms with Gasteiger partial charge in [-0.05, 0) is 60.3 Å². The number of allylic oxidation sites excluding steroid dienone is 5. The molecule has 1 aliphatic carbocycles. The smallest absolute Gasteiger partial charge is 0.0112 e. The molecular weight excluding hydrogens is 278 g/mol. The van der Waals surface area contributed by atoms with Gasteiger partial charge in [-0.1, -0.05) is 68.8 Å². The lowest BCUT2D eigenvalue weighted by Gasteiger charge is -2.25. The summed E-state index contributed by atoms with van der Waals surface area (Å²) in [6.07, 6.45) is 13.7. The van der Waals surface area contributed by atoms with Crippen molar-refractivity contribution in [1.29, 1.82) is 0 Å². The topological polar surface area (TPSA) is 26.0 Å². The molecule has 0 spiro atoms. The van der Waals surface area contributed by atoms with Crippen molar-refractivity contribution in [3.05, 3.63) is 64.8 Å². The van der Waals surface area contributed by atoms with Crippen LogP contribution in [0.5, 0.6) is 0 Å². The fraction of sp³-hybridized carbons (Fsp3) is 0.455. The number of fused-ring (bicyclic) bond motifs is 1. The first-order valence-corrected chi connectivity index (χ1v) is 8.79. The van der Waals surface area contributed by atoms with Gasteiger partial charge in [0.05, 0.1) is 0 Å². The van der Waals surface area contributed by atoms with Crippen LogP contribution in [0.4, 0.5) is 0 Å². The van der Waals surface area contributed by atoms with Gasteiger partial charge in [-0.25, -0.2) is 0 Å². The normalized spacial score (nSPS) is 16.7. The van der Waals surface area contributed by atoms with Crippen LogP contribution in [-0.4, -0.2) is 6.54 Å². The van der Waals surface area contributed by atoms with Gasteiger partial charge in [0.15, 0.2) is 0 Å². The minimum Gasteiger partial charge on any atom is -0.327 e. The second-order valence-corrected chi connectivity index (χ2v) is 7.56. The first-order valence-electron chi connectivity index (χ1n) is 8.79. The van der Waals surface area contributed by atoms with Crippen molar-refractivity contribution in [2.75, 3.05) is 6.54 Å². The zero-order valence-electron chi connectivity index (χ0n) is 15.2. The van der Waals surface area contributed by atoms with Crippen molar-refractivity contribution in [3.63, 3.8) is 0 Å². The summed E-state index contributed by atoms with van der Waals surface area (Å²) in [7, 11) is 0. The average Bonchev–Trinajstić information content (AvgIpc) is 2.50. The molecule has 1 aromatic rings. The molecule has 2 N–H and O–H groups in total. The minimum atomic E-state index is 0.124. The van der Waals surface area contributed by atoms with E-state index in [1.165, 1.54) is 42.4 Å². The molecule has 0 saturated heterocycles. The monoisotopic (exact) mass is 309 g/mol. The summed E-state index contributed by atoms with van der Waals surface area (Å²) < 4.78 is 0. The highest BCUT2D eigenvalue weighted by Crippen LogP contribution is 2.36. The van der Waals surface area contributed by atoms with E-state index in [0.29, 0.717) is 6.54 Å². The van der Waals surface area contributed by atoms with Gasteiger partial charge in [0.2, 0.25) is 0 Å². The molecule has 0 aromatic heterocycles. The summed E-state index contributed by atoms with van der Waals surface area (Å²) in [6.45, 7) is 9.54. The lowest BCUT2D eigenvalue weighted by atomic mass is 9.80. The van der Waals surface area contributed by atoms with Crippen molar-refractivity contribution >= 4 is 5.57 Å². The molecule has 124 valence electrons. The Balaban J connectivity index is 2.34. The van der Waals surface area contributed by atoms with Gasteiger partial charge in [-0.3, -0.25) is 0 Å². The van der Waals surface area contributed by atoms with E-state index in [2.05, 4.69) is 64.1 Å². The zero-order valence-corrected chi connectivity index (χ0v) is 15.2. The van der Waals surface area contributed by atoms with E-state index in [1.54, 1.807) is 11.1 Å². The number of hydrogen-bond acceptors (Lipinski definition) is 1. The number of rotatable bonds is 4. The lowest BCUT2D eigenvalue weighted by molar-refractivity contribution is 0.566. The van der Waals surface area contributed by atoms with Gasteiger partial charge >= 0.3 is 0 Å². The molecule has 0 heterocycles. The number of nitrogens with two attached hydrogens (primary N) is 1. The predicted molar refractivity (Wildman–Crippen MR) is 102 cm³/mol. The van der Waals surface area contributed by atoms with Crippen molar-refractivity contribution in [2.45, 2.75) is 53.4 Å². The molecule has 0 unspecified atom stereocenters. The first-order chi connectivity index (χ1) is 10.9. The average molecular weight is 309 g/mol. The van der Waals surface area contributed by atoms with E-state index in [0.717, 1.165) is 0 Å². The third kappa shape index (κ3) is 4.94. The molecule has 0 saturated carbocycles. The van der Waals surface area contributed by atoms with Crippen LogP contribution < -0.4 is 5.73 Å². The molecule has 0 aliphatic heterocycles. The summed E-state index contributed by atoms with van der Waals surface area (Å²) >= 11 is 0. The van der Waals surface area contributed by atoms with Gasteiger partial charge in [0, 0.05) is 6.54 Å². The number of hydrogen-bond donors (Lipinski definition) is 1. The van der Waals surface area contributed by atoms with Crippen molar-refractivity contribution in [3.8, 4) is 0 Å². The van der Waals surface area contributed by atoms with E-state index in [4.69, 9.17) is 5.73 Å². The second kappa shape index (κ2) is 7.79. The maximum atomic E-state index is 5.56. The fourth-order valence-electron chi connectivity index (χ4n) is 3.23. The Morgan fingerprint density at radius 3 is 2.48 bits per heavy atom. The molecule has 1 heteroatoms. The molecule has 0 radical (unpaired) electrons. The molecule has 0 atom stereocenters. The minimum absolute atomic E-state index is 0.124. The highest BCUT2D eigenvalue weighted by atomic mass is 14.5. The van der Waals surface area contributed by atoms with Crippen LogP contribution in [0, 0.1) is 5.41 Å². The fourth-order valence-corrected chi connectivity index (χ4v) is 3.23. The van der Waals surface area contributed by atoms with Crippen LogP contribution in [-0.2, 0) is 12.8 Å². The zero-order chi connectivity index (χ0) is 16.9. The van der Waals surface area contributed by atoms with Crippen LogP contribution in [0.2, 0.25) is 0 Å². The Bertz CT molecular complexity index is 624. The van der Waals surface area contributed by atoms with Crippen LogP contribution in [0.15, 0.2) is 48.1 Å². The Labute approximate surface area is 142 Å². The molecule has 1 nitrogen and oxygen atoms in total. The number of benzene rings is 1. The number of aryl methyl sites for hydroxylation is 2. The van der Waals surface area contributed by atoms with Gasteiger partial charge in [0.25, 0.3) is 0 Å². The Morgan fingerprint density at radius 2 is 1.83 bits per heavy atom. The highest BCUT2D eigenvalue weighted by molar-refractivity contribution is 5.71. The van der Waals surface area contributed by atoms with Gasteiger partial charge in [0.1, 0.15) is 0 Å². The molecule has 0 bridgehead atoms. The Morgan fingerprint density at radius 1 is 1.13 bits per heavy atom. The molecule has 23 heavy (non-hydrogen) atoms. The van der Waals surface area contributed by atoms with Crippen LogP contribution in [0.1, 0.15) is 57.2 Å². The summed E-state index contributed by atoms with van der Waals surface area (Å²) in [4.78, 5) is 0. The Hall–Kier alpha value is -1.60. The van der Waals surface area contributed by atoms with Gasteiger partial charge < -0.3 is 5.73 Å². The van der Waals surface area contributed by atoms with Crippen molar-refractivity contribution in [2.24, 2.45) is 11.1 Å². The lowest BCUT2D eigenvalue weighted by Crippen LogP contribution is -2.10. The Kier molecular flexibility index (Phi) is 6.01. The van der Waals surface area contributed by atoms with Crippen molar-refractivity contribution < 1.29 is 0 Å². The quantitative estimate of drug-likeness (QED) is 0.735. The summed E-state index contributed by atoms with van der Waals surface area (Å²) in [5.41, 5.74) is 12.7. The van der Waals surface area contributed by atoms with Crippen molar-refractivity contribution in [1.82, 2.24) is 0 Å². The second-order valence-electron chi connectivity index (χ2n) is 7.56. The van der Waals surface area contributed by atoms with E-state index >= 15 is 0 Å².